The van der Waals surface area contributed by atoms with Gasteiger partial charge in [-0.15, -0.1) is 0 Å². The average molecular weight is 663 g/mol. The molecular weight excluding hydrogens is 629 g/mol. The van der Waals surface area contributed by atoms with Crippen LogP contribution in [0.5, 0.6) is 0 Å². The molecule has 0 aliphatic rings. The number of aromatic nitrogens is 1. The highest BCUT2D eigenvalue weighted by Gasteiger charge is 2.20. The zero-order valence-electron chi connectivity index (χ0n) is 28.5. The fraction of sp³-hybridized carbons (Fsp3) is 0. The van der Waals surface area contributed by atoms with Crippen molar-refractivity contribution in [3.63, 3.8) is 0 Å². The van der Waals surface area contributed by atoms with Gasteiger partial charge in [-0.2, -0.15) is 0 Å². The summed E-state index contributed by atoms with van der Waals surface area (Å²) >= 11 is 0. The highest BCUT2D eigenvalue weighted by molar-refractivity contribution is 6.18. The SMILES string of the molecule is c1ccc(-c2cccc(N(c3cccc(-c4cccc5c4c4cc6ccccc6cc4n5-c4ccccc4)c3)c3cccc4ccccc34)c2)cc1. The van der Waals surface area contributed by atoms with Crippen molar-refractivity contribution >= 4 is 60.4 Å². The number of hydrogen-bond donors (Lipinski definition) is 0. The van der Waals surface area contributed by atoms with E-state index in [9.17, 15) is 0 Å². The zero-order chi connectivity index (χ0) is 34.4. The third-order valence-corrected chi connectivity index (χ3v) is 10.3. The van der Waals surface area contributed by atoms with Crippen LogP contribution in [0.1, 0.15) is 0 Å². The van der Waals surface area contributed by atoms with E-state index in [4.69, 9.17) is 0 Å². The summed E-state index contributed by atoms with van der Waals surface area (Å²) in [7, 11) is 0. The third kappa shape index (κ3) is 5.04. The van der Waals surface area contributed by atoms with Gasteiger partial charge in [-0.1, -0.05) is 146 Å². The molecule has 244 valence electrons. The fourth-order valence-corrected chi connectivity index (χ4v) is 7.95. The Hall–Kier alpha value is -6.90. The number of rotatable bonds is 6. The van der Waals surface area contributed by atoms with Crippen LogP contribution in [0.25, 0.3) is 71.3 Å². The molecule has 0 unspecified atom stereocenters. The molecule has 0 radical (unpaired) electrons. The molecule has 2 nitrogen and oxygen atoms in total. The molecule has 10 aromatic rings. The van der Waals surface area contributed by atoms with Crippen LogP contribution < -0.4 is 4.90 Å². The summed E-state index contributed by atoms with van der Waals surface area (Å²) in [5.74, 6) is 0. The molecule has 0 amide bonds. The first-order valence-corrected chi connectivity index (χ1v) is 17.9. The van der Waals surface area contributed by atoms with Gasteiger partial charge < -0.3 is 9.47 Å². The van der Waals surface area contributed by atoms with Gasteiger partial charge in [-0.3, -0.25) is 0 Å². The van der Waals surface area contributed by atoms with Crippen LogP contribution in [0, 0.1) is 0 Å². The molecular formula is C50H34N2. The van der Waals surface area contributed by atoms with E-state index in [0.29, 0.717) is 0 Å². The van der Waals surface area contributed by atoms with E-state index in [2.05, 4.69) is 216 Å². The second-order valence-corrected chi connectivity index (χ2v) is 13.4. The molecule has 0 N–H and O–H groups in total. The molecule has 2 heteroatoms. The van der Waals surface area contributed by atoms with Crippen molar-refractivity contribution in [1.82, 2.24) is 4.57 Å². The Balaban J connectivity index is 1.22. The number of nitrogens with zero attached hydrogens (tertiary/aromatic N) is 2. The van der Waals surface area contributed by atoms with Gasteiger partial charge in [-0.25, -0.2) is 0 Å². The van der Waals surface area contributed by atoms with Crippen molar-refractivity contribution in [2.75, 3.05) is 4.90 Å². The van der Waals surface area contributed by atoms with E-state index >= 15 is 0 Å². The lowest BCUT2D eigenvalue weighted by atomic mass is 9.97. The van der Waals surface area contributed by atoms with Crippen molar-refractivity contribution < 1.29 is 0 Å². The maximum atomic E-state index is 2.42. The minimum atomic E-state index is 1.10. The van der Waals surface area contributed by atoms with Crippen molar-refractivity contribution in [1.29, 1.82) is 0 Å². The molecule has 10 rings (SSSR count). The molecule has 0 aliphatic heterocycles. The summed E-state index contributed by atoms with van der Waals surface area (Å²) in [6, 6.07) is 74.7. The quantitative estimate of drug-likeness (QED) is 0.172. The van der Waals surface area contributed by atoms with Crippen LogP contribution in [-0.4, -0.2) is 4.57 Å². The molecule has 52 heavy (non-hydrogen) atoms. The summed E-state index contributed by atoms with van der Waals surface area (Å²) < 4.78 is 2.42. The molecule has 0 bridgehead atoms. The predicted molar refractivity (Wildman–Crippen MR) is 221 cm³/mol. The maximum absolute atomic E-state index is 2.42. The van der Waals surface area contributed by atoms with Gasteiger partial charge in [0, 0.05) is 33.2 Å². The molecule has 1 aromatic heterocycles. The standard InChI is InChI=1S/C50H34N2/c1-3-15-35(16-4-1)37-21-11-25-42(31-37)51(47-29-13-20-36-17-9-10-27-44(36)47)43-26-12-22-40(32-43)45-28-14-30-48-50(45)46-33-38-18-7-8-19-39(38)34-49(46)52(48)41-23-5-2-6-24-41/h1-34H. The molecule has 0 saturated heterocycles. The normalized spacial score (nSPS) is 11.5. The number of benzene rings is 9. The van der Waals surface area contributed by atoms with E-state index in [1.54, 1.807) is 0 Å². The predicted octanol–water partition coefficient (Wildman–Crippen LogP) is 13.9. The van der Waals surface area contributed by atoms with E-state index in [0.717, 1.165) is 22.7 Å². The molecule has 0 saturated carbocycles. The van der Waals surface area contributed by atoms with Gasteiger partial charge in [0.05, 0.1) is 16.7 Å². The summed E-state index contributed by atoms with van der Waals surface area (Å²) in [6.45, 7) is 0. The first kappa shape index (κ1) is 30.0. The summed E-state index contributed by atoms with van der Waals surface area (Å²) in [5.41, 5.74) is 11.7. The Labute approximate surface area is 303 Å². The lowest BCUT2D eigenvalue weighted by Gasteiger charge is -2.28. The van der Waals surface area contributed by atoms with Crippen LogP contribution in [0.4, 0.5) is 17.1 Å². The van der Waals surface area contributed by atoms with Gasteiger partial charge in [0.1, 0.15) is 0 Å². The van der Waals surface area contributed by atoms with Crippen LogP contribution in [0.15, 0.2) is 206 Å². The molecule has 0 atom stereocenters. The average Bonchev–Trinajstić information content (AvgIpc) is 3.54. The second-order valence-electron chi connectivity index (χ2n) is 13.4. The highest BCUT2D eigenvalue weighted by Crippen LogP contribution is 2.44. The van der Waals surface area contributed by atoms with Gasteiger partial charge in [-0.05, 0) is 99.1 Å². The smallest absolute Gasteiger partial charge is 0.0547 e. The Morgan fingerprint density at radius 3 is 1.71 bits per heavy atom. The van der Waals surface area contributed by atoms with Crippen molar-refractivity contribution in [3.8, 4) is 27.9 Å². The molecule has 0 aliphatic carbocycles. The molecule has 9 aromatic carbocycles. The van der Waals surface area contributed by atoms with E-state index in [-0.39, 0.29) is 0 Å². The summed E-state index contributed by atoms with van der Waals surface area (Å²) in [5, 5.41) is 7.41. The maximum Gasteiger partial charge on any atom is 0.0547 e. The molecule has 1 heterocycles. The Morgan fingerprint density at radius 2 is 0.923 bits per heavy atom. The molecule has 0 spiro atoms. The minimum absolute atomic E-state index is 1.10. The molecule has 0 fully saturated rings. The lowest BCUT2D eigenvalue weighted by Crippen LogP contribution is -2.10. The Kier molecular flexibility index (Phi) is 7.18. The zero-order valence-corrected chi connectivity index (χ0v) is 28.5. The fourth-order valence-electron chi connectivity index (χ4n) is 7.95. The lowest BCUT2D eigenvalue weighted by molar-refractivity contribution is 1.18. The van der Waals surface area contributed by atoms with Crippen LogP contribution in [0.2, 0.25) is 0 Å². The van der Waals surface area contributed by atoms with Gasteiger partial charge >= 0.3 is 0 Å². The number of hydrogen-bond acceptors (Lipinski definition) is 1. The Morgan fingerprint density at radius 1 is 0.346 bits per heavy atom. The monoisotopic (exact) mass is 662 g/mol. The number of fused-ring (bicyclic) bond motifs is 5. The Bertz CT molecular complexity index is 2900. The number of para-hydroxylation sites is 1. The highest BCUT2D eigenvalue weighted by atomic mass is 15.1. The topological polar surface area (TPSA) is 8.17 Å². The van der Waals surface area contributed by atoms with E-state index < -0.39 is 0 Å². The third-order valence-electron chi connectivity index (χ3n) is 10.3. The number of anilines is 3. The van der Waals surface area contributed by atoms with Crippen LogP contribution in [0.3, 0.4) is 0 Å². The summed E-state index contributed by atoms with van der Waals surface area (Å²) in [6.07, 6.45) is 0. The largest absolute Gasteiger partial charge is 0.310 e. The summed E-state index contributed by atoms with van der Waals surface area (Å²) in [4.78, 5) is 2.42. The van der Waals surface area contributed by atoms with Crippen molar-refractivity contribution in [2.24, 2.45) is 0 Å². The van der Waals surface area contributed by atoms with Crippen LogP contribution >= 0.6 is 0 Å². The van der Waals surface area contributed by atoms with Crippen molar-refractivity contribution in [2.45, 2.75) is 0 Å². The van der Waals surface area contributed by atoms with Crippen LogP contribution in [-0.2, 0) is 0 Å². The van der Waals surface area contributed by atoms with Gasteiger partial charge in [0.25, 0.3) is 0 Å². The van der Waals surface area contributed by atoms with E-state index in [1.807, 2.05) is 0 Å². The first-order valence-electron chi connectivity index (χ1n) is 17.9. The first-order chi connectivity index (χ1) is 25.8. The van der Waals surface area contributed by atoms with Crippen molar-refractivity contribution in [3.05, 3.63) is 206 Å². The second kappa shape index (κ2) is 12.5. The van der Waals surface area contributed by atoms with E-state index in [1.165, 1.54) is 65.6 Å². The minimum Gasteiger partial charge on any atom is -0.310 e. The van der Waals surface area contributed by atoms with Gasteiger partial charge in [0.2, 0.25) is 0 Å². The van der Waals surface area contributed by atoms with Gasteiger partial charge in [0.15, 0.2) is 0 Å².